The van der Waals surface area contributed by atoms with Crippen molar-refractivity contribution in [1.29, 1.82) is 0 Å². The van der Waals surface area contributed by atoms with Crippen molar-refractivity contribution in [3.63, 3.8) is 0 Å². The van der Waals surface area contributed by atoms with Crippen LogP contribution in [0.2, 0.25) is 0 Å². The number of ether oxygens (including phenoxy) is 1. The Morgan fingerprint density at radius 1 is 1.33 bits per heavy atom. The van der Waals surface area contributed by atoms with Gasteiger partial charge in [-0.15, -0.1) is 0 Å². The first-order valence-electron chi connectivity index (χ1n) is 5.51. The summed E-state index contributed by atoms with van der Waals surface area (Å²) in [5.74, 6) is 0. The standard InChI is InChI=1S/C13H19NO/c1-10-4-5-12(6-11(10)2)7-14(3)8-13-9-15-13/h4-6,13H,7-9H2,1-3H3. The van der Waals surface area contributed by atoms with Crippen LogP contribution < -0.4 is 0 Å². The Balaban J connectivity index is 1.93. The lowest BCUT2D eigenvalue weighted by Gasteiger charge is -2.15. The van der Waals surface area contributed by atoms with E-state index in [4.69, 9.17) is 4.74 Å². The van der Waals surface area contributed by atoms with Gasteiger partial charge in [0.05, 0.1) is 12.7 Å². The summed E-state index contributed by atoms with van der Waals surface area (Å²) < 4.78 is 5.22. The number of rotatable bonds is 4. The molecule has 1 aliphatic heterocycles. The van der Waals surface area contributed by atoms with Crippen molar-refractivity contribution in [2.24, 2.45) is 0 Å². The van der Waals surface area contributed by atoms with Gasteiger partial charge in [-0.3, -0.25) is 4.90 Å². The van der Waals surface area contributed by atoms with E-state index >= 15 is 0 Å². The van der Waals surface area contributed by atoms with E-state index in [0.717, 1.165) is 19.7 Å². The predicted molar refractivity (Wildman–Crippen MR) is 62.0 cm³/mol. The van der Waals surface area contributed by atoms with Crippen molar-refractivity contribution < 1.29 is 4.74 Å². The Morgan fingerprint density at radius 3 is 2.67 bits per heavy atom. The third-order valence-electron chi connectivity index (χ3n) is 2.94. The molecule has 0 saturated carbocycles. The van der Waals surface area contributed by atoms with E-state index in [1.807, 2.05) is 0 Å². The van der Waals surface area contributed by atoms with E-state index in [-0.39, 0.29) is 0 Å². The number of nitrogens with zero attached hydrogens (tertiary/aromatic N) is 1. The number of hydrogen-bond acceptors (Lipinski definition) is 2. The fraction of sp³-hybridized carbons (Fsp3) is 0.538. The number of likely N-dealkylation sites (N-methyl/N-ethyl adjacent to an activating group) is 1. The molecule has 1 aliphatic rings. The number of aryl methyl sites for hydroxylation is 2. The molecule has 0 spiro atoms. The van der Waals surface area contributed by atoms with Crippen molar-refractivity contribution in [2.75, 3.05) is 20.2 Å². The van der Waals surface area contributed by atoms with E-state index < -0.39 is 0 Å². The first kappa shape index (κ1) is 10.7. The van der Waals surface area contributed by atoms with Gasteiger partial charge in [0.2, 0.25) is 0 Å². The fourth-order valence-corrected chi connectivity index (χ4v) is 1.80. The smallest absolute Gasteiger partial charge is 0.0936 e. The molecule has 1 fully saturated rings. The van der Waals surface area contributed by atoms with Crippen LogP contribution in [0.5, 0.6) is 0 Å². The first-order valence-corrected chi connectivity index (χ1v) is 5.51. The minimum Gasteiger partial charge on any atom is -0.372 e. The third kappa shape index (κ3) is 3.05. The average molecular weight is 205 g/mol. The van der Waals surface area contributed by atoms with E-state index in [9.17, 15) is 0 Å². The molecule has 2 heteroatoms. The first-order chi connectivity index (χ1) is 7.15. The molecule has 15 heavy (non-hydrogen) atoms. The minimum absolute atomic E-state index is 0.488. The molecule has 0 amide bonds. The molecule has 1 saturated heterocycles. The Hall–Kier alpha value is -0.860. The lowest BCUT2D eigenvalue weighted by molar-refractivity contribution is 0.278. The predicted octanol–water partition coefficient (Wildman–Crippen LogP) is 2.13. The summed E-state index contributed by atoms with van der Waals surface area (Å²) in [5.41, 5.74) is 4.14. The second-order valence-electron chi connectivity index (χ2n) is 4.57. The Labute approximate surface area is 91.9 Å². The van der Waals surface area contributed by atoms with Gasteiger partial charge in [0.15, 0.2) is 0 Å². The van der Waals surface area contributed by atoms with Crippen LogP contribution in [0.25, 0.3) is 0 Å². The van der Waals surface area contributed by atoms with Crippen LogP contribution in [0.1, 0.15) is 16.7 Å². The summed E-state index contributed by atoms with van der Waals surface area (Å²) in [7, 11) is 2.15. The van der Waals surface area contributed by atoms with E-state index in [1.54, 1.807) is 0 Å². The van der Waals surface area contributed by atoms with Gasteiger partial charge in [0, 0.05) is 13.1 Å². The molecular formula is C13H19NO. The van der Waals surface area contributed by atoms with Gasteiger partial charge in [-0.05, 0) is 37.6 Å². The molecule has 1 aromatic rings. The molecule has 1 heterocycles. The van der Waals surface area contributed by atoms with Crippen molar-refractivity contribution in [3.8, 4) is 0 Å². The van der Waals surface area contributed by atoms with Gasteiger partial charge in [-0.1, -0.05) is 18.2 Å². The molecule has 0 N–H and O–H groups in total. The van der Waals surface area contributed by atoms with Gasteiger partial charge < -0.3 is 4.74 Å². The molecule has 0 radical (unpaired) electrons. The minimum atomic E-state index is 0.488. The van der Waals surface area contributed by atoms with E-state index in [0.29, 0.717) is 6.10 Å². The lowest BCUT2D eigenvalue weighted by Crippen LogP contribution is -2.22. The zero-order valence-corrected chi connectivity index (χ0v) is 9.79. The highest BCUT2D eigenvalue weighted by atomic mass is 16.6. The summed E-state index contributed by atoms with van der Waals surface area (Å²) in [6.45, 7) is 7.33. The molecule has 1 unspecified atom stereocenters. The van der Waals surface area contributed by atoms with Crippen LogP contribution in [0, 0.1) is 13.8 Å². The lowest BCUT2D eigenvalue weighted by atomic mass is 10.1. The summed E-state index contributed by atoms with van der Waals surface area (Å²) in [5, 5.41) is 0. The van der Waals surface area contributed by atoms with Crippen molar-refractivity contribution in [1.82, 2.24) is 4.90 Å². The molecular weight excluding hydrogens is 186 g/mol. The maximum absolute atomic E-state index is 5.22. The second kappa shape index (κ2) is 4.33. The zero-order valence-electron chi connectivity index (χ0n) is 9.79. The quantitative estimate of drug-likeness (QED) is 0.700. The zero-order chi connectivity index (χ0) is 10.8. The Bertz CT molecular complexity index is 344. The number of hydrogen-bond donors (Lipinski definition) is 0. The second-order valence-corrected chi connectivity index (χ2v) is 4.57. The topological polar surface area (TPSA) is 15.8 Å². The monoisotopic (exact) mass is 205 g/mol. The van der Waals surface area contributed by atoms with Crippen molar-refractivity contribution >= 4 is 0 Å². The van der Waals surface area contributed by atoms with E-state index in [1.165, 1.54) is 16.7 Å². The fourth-order valence-electron chi connectivity index (χ4n) is 1.80. The largest absolute Gasteiger partial charge is 0.372 e. The van der Waals surface area contributed by atoms with Crippen LogP contribution >= 0.6 is 0 Å². The van der Waals surface area contributed by atoms with Crippen LogP contribution in [0.4, 0.5) is 0 Å². The maximum Gasteiger partial charge on any atom is 0.0936 e. The summed E-state index contributed by atoms with van der Waals surface area (Å²) in [6, 6.07) is 6.69. The molecule has 0 aliphatic carbocycles. The maximum atomic E-state index is 5.22. The molecule has 0 aromatic heterocycles. The average Bonchev–Trinajstić information content (AvgIpc) is 2.95. The Kier molecular flexibility index (Phi) is 3.08. The number of epoxide rings is 1. The summed E-state index contributed by atoms with van der Waals surface area (Å²) in [6.07, 6.45) is 0.488. The van der Waals surface area contributed by atoms with Gasteiger partial charge in [0.1, 0.15) is 0 Å². The van der Waals surface area contributed by atoms with Crippen LogP contribution in [0.15, 0.2) is 18.2 Å². The normalized spacial score (nSPS) is 19.6. The highest BCUT2D eigenvalue weighted by molar-refractivity contribution is 5.29. The van der Waals surface area contributed by atoms with Crippen LogP contribution in [-0.2, 0) is 11.3 Å². The van der Waals surface area contributed by atoms with Crippen LogP contribution in [0.3, 0.4) is 0 Å². The molecule has 0 bridgehead atoms. The molecule has 2 nitrogen and oxygen atoms in total. The highest BCUT2D eigenvalue weighted by Crippen LogP contribution is 2.14. The van der Waals surface area contributed by atoms with Gasteiger partial charge in [-0.2, -0.15) is 0 Å². The SMILES string of the molecule is Cc1ccc(CN(C)CC2CO2)cc1C. The molecule has 1 atom stereocenters. The summed E-state index contributed by atoms with van der Waals surface area (Å²) >= 11 is 0. The van der Waals surface area contributed by atoms with Gasteiger partial charge in [-0.25, -0.2) is 0 Å². The molecule has 2 rings (SSSR count). The summed E-state index contributed by atoms with van der Waals surface area (Å²) in [4.78, 5) is 2.32. The van der Waals surface area contributed by atoms with Crippen molar-refractivity contribution in [3.05, 3.63) is 34.9 Å². The highest BCUT2D eigenvalue weighted by Gasteiger charge is 2.23. The van der Waals surface area contributed by atoms with Crippen molar-refractivity contribution in [2.45, 2.75) is 26.5 Å². The van der Waals surface area contributed by atoms with E-state index in [2.05, 4.69) is 44.0 Å². The van der Waals surface area contributed by atoms with Gasteiger partial charge in [0.25, 0.3) is 0 Å². The molecule has 1 aromatic carbocycles. The van der Waals surface area contributed by atoms with Gasteiger partial charge >= 0.3 is 0 Å². The van der Waals surface area contributed by atoms with Crippen LogP contribution in [-0.4, -0.2) is 31.2 Å². The third-order valence-corrected chi connectivity index (χ3v) is 2.94. The Morgan fingerprint density at radius 2 is 2.07 bits per heavy atom. The number of benzene rings is 1. The molecule has 82 valence electrons.